The first-order valence-corrected chi connectivity index (χ1v) is 12.7. The Morgan fingerprint density at radius 3 is 2.35 bits per heavy atom. The number of nitrogens with zero attached hydrogens (tertiary/aromatic N) is 3. The second-order valence-corrected chi connectivity index (χ2v) is 10.8. The summed E-state index contributed by atoms with van der Waals surface area (Å²) in [5, 5.41) is 3.23. The Kier molecular flexibility index (Phi) is 9.49. The summed E-state index contributed by atoms with van der Waals surface area (Å²) >= 11 is 6.12. The molecule has 8 nitrogen and oxygen atoms in total. The molecule has 0 aromatic heterocycles. The zero-order chi connectivity index (χ0) is 25.6. The summed E-state index contributed by atoms with van der Waals surface area (Å²) in [5.41, 5.74) is 2.71. The molecule has 0 saturated carbocycles. The largest absolute Gasteiger partial charge is 0.355 e. The molecule has 10 heteroatoms. The highest BCUT2D eigenvalue weighted by molar-refractivity contribution is 7.90. The van der Waals surface area contributed by atoms with E-state index >= 15 is 0 Å². The van der Waals surface area contributed by atoms with Crippen LogP contribution in [0, 0.1) is 13.8 Å². The fourth-order valence-electron chi connectivity index (χ4n) is 3.43. The second kappa shape index (κ2) is 11.7. The molecule has 0 aliphatic heterocycles. The van der Waals surface area contributed by atoms with Crippen molar-refractivity contribution in [2.75, 3.05) is 31.5 Å². The molecule has 0 unspecified atom stereocenters. The molecule has 0 radical (unpaired) electrons. The average molecular weight is 509 g/mol. The minimum absolute atomic E-state index is 0.0976. The molecule has 2 aromatic rings. The van der Waals surface area contributed by atoms with Gasteiger partial charge in [-0.2, -0.15) is 12.7 Å². The Morgan fingerprint density at radius 1 is 1.09 bits per heavy atom. The van der Waals surface area contributed by atoms with Crippen LogP contribution in [0.25, 0.3) is 0 Å². The third kappa shape index (κ3) is 6.71. The smallest absolute Gasteiger partial charge is 0.304 e. The van der Waals surface area contributed by atoms with Crippen LogP contribution in [0.1, 0.15) is 30.5 Å². The number of carbonyl (C=O) groups is 2. The van der Waals surface area contributed by atoms with Gasteiger partial charge in [-0.3, -0.25) is 9.59 Å². The molecule has 2 amide bonds. The van der Waals surface area contributed by atoms with E-state index in [0.717, 1.165) is 19.7 Å². The van der Waals surface area contributed by atoms with Crippen molar-refractivity contribution in [3.63, 3.8) is 0 Å². The Balaban J connectivity index is 2.51. The third-order valence-electron chi connectivity index (χ3n) is 5.41. The molecule has 0 spiro atoms. The Bertz CT molecular complexity index is 1140. The van der Waals surface area contributed by atoms with Crippen LogP contribution in [0.2, 0.25) is 5.02 Å². The van der Waals surface area contributed by atoms with Crippen LogP contribution in [0.15, 0.2) is 42.5 Å². The van der Waals surface area contributed by atoms with Crippen molar-refractivity contribution < 1.29 is 18.0 Å². The summed E-state index contributed by atoms with van der Waals surface area (Å²) in [6.45, 7) is 7.10. The number of amides is 2. The molecular formula is C24H33ClN4O4S. The number of hydrogen-bond donors (Lipinski definition) is 1. The number of anilines is 1. The predicted molar refractivity (Wildman–Crippen MR) is 136 cm³/mol. The number of hydrogen-bond acceptors (Lipinski definition) is 4. The van der Waals surface area contributed by atoms with Crippen LogP contribution in [0.4, 0.5) is 5.69 Å². The molecule has 186 valence electrons. The molecule has 0 bridgehead atoms. The quantitative estimate of drug-likeness (QED) is 0.534. The minimum Gasteiger partial charge on any atom is -0.355 e. The van der Waals surface area contributed by atoms with E-state index in [1.807, 2.05) is 19.1 Å². The lowest BCUT2D eigenvalue weighted by molar-refractivity contribution is -0.139. The van der Waals surface area contributed by atoms with Crippen LogP contribution < -0.4 is 9.62 Å². The van der Waals surface area contributed by atoms with E-state index in [1.54, 1.807) is 51.1 Å². The number of carbonyl (C=O) groups excluding carboxylic acids is 2. The number of likely N-dealkylation sites (N-methyl/N-ethyl adjacent to an activating group) is 1. The van der Waals surface area contributed by atoms with Gasteiger partial charge in [0.1, 0.15) is 12.6 Å². The number of rotatable bonds is 10. The summed E-state index contributed by atoms with van der Waals surface area (Å²) in [7, 11) is -1.17. The zero-order valence-electron chi connectivity index (χ0n) is 20.5. The summed E-state index contributed by atoms with van der Waals surface area (Å²) in [5.74, 6) is -0.836. The number of nitrogens with one attached hydrogen (secondary N) is 1. The van der Waals surface area contributed by atoms with Crippen molar-refractivity contribution >= 4 is 39.3 Å². The Hall–Kier alpha value is -2.62. The van der Waals surface area contributed by atoms with Crippen LogP contribution in [0.3, 0.4) is 0 Å². The molecule has 2 aromatic carbocycles. The topological polar surface area (TPSA) is 90.0 Å². The van der Waals surface area contributed by atoms with Crippen molar-refractivity contribution in [3.05, 3.63) is 64.2 Å². The molecule has 1 atom stereocenters. The van der Waals surface area contributed by atoms with Gasteiger partial charge in [-0.05, 0) is 62.6 Å². The van der Waals surface area contributed by atoms with E-state index in [2.05, 4.69) is 5.32 Å². The fraction of sp³-hybridized carbons (Fsp3) is 0.417. The number of halogens is 1. The number of aryl methyl sites for hydroxylation is 2. The Morgan fingerprint density at radius 2 is 1.76 bits per heavy atom. The van der Waals surface area contributed by atoms with E-state index in [9.17, 15) is 18.0 Å². The lowest BCUT2D eigenvalue weighted by atomic mass is 10.1. The lowest BCUT2D eigenvalue weighted by Crippen LogP contribution is -2.52. The van der Waals surface area contributed by atoms with Crippen molar-refractivity contribution in [1.82, 2.24) is 14.5 Å². The van der Waals surface area contributed by atoms with Crippen LogP contribution >= 0.6 is 11.6 Å². The Labute approximate surface area is 207 Å². The summed E-state index contributed by atoms with van der Waals surface area (Å²) in [6, 6.07) is 11.6. The summed E-state index contributed by atoms with van der Waals surface area (Å²) in [6.07, 6.45) is 0. The zero-order valence-corrected chi connectivity index (χ0v) is 22.1. The maximum atomic E-state index is 13.6. The maximum absolute atomic E-state index is 13.6. The van der Waals surface area contributed by atoms with E-state index in [-0.39, 0.29) is 12.5 Å². The minimum atomic E-state index is -4.00. The molecule has 0 aliphatic rings. The molecule has 0 fully saturated rings. The molecular weight excluding hydrogens is 476 g/mol. The summed E-state index contributed by atoms with van der Waals surface area (Å²) < 4.78 is 28.6. The predicted octanol–water partition coefficient (Wildman–Crippen LogP) is 3.12. The van der Waals surface area contributed by atoms with Gasteiger partial charge in [0.15, 0.2) is 0 Å². The maximum Gasteiger partial charge on any atom is 0.304 e. The first-order valence-electron chi connectivity index (χ1n) is 11.0. The van der Waals surface area contributed by atoms with Gasteiger partial charge in [-0.15, -0.1) is 0 Å². The highest BCUT2D eigenvalue weighted by atomic mass is 35.5. The third-order valence-corrected chi connectivity index (χ3v) is 7.45. The van der Waals surface area contributed by atoms with Crippen molar-refractivity contribution in [3.8, 4) is 0 Å². The van der Waals surface area contributed by atoms with Gasteiger partial charge in [0, 0.05) is 32.2 Å². The van der Waals surface area contributed by atoms with E-state index in [4.69, 9.17) is 11.6 Å². The molecule has 0 aliphatic carbocycles. The first-order chi connectivity index (χ1) is 15.9. The highest BCUT2D eigenvalue weighted by Gasteiger charge is 2.33. The van der Waals surface area contributed by atoms with Gasteiger partial charge in [-0.25, -0.2) is 4.31 Å². The van der Waals surface area contributed by atoms with E-state index < -0.39 is 28.7 Å². The van der Waals surface area contributed by atoms with Crippen LogP contribution in [-0.2, 0) is 26.3 Å². The normalized spacial score (nSPS) is 12.4. The van der Waals surface area contributed by atoms with Crippen molar-refractivity contribution in [2.24, 2.45) is 0 Å². The molecule has 0 heterocycles. The van der Waals surface area contributed by atoms with E-state index in [1.165, 1.54) is 19.0 Å². The average Bonchev–Trinajstić information content (AvgIpc) is 2.77. The van der Waals surface area contributed by atoms with Gasteiger partial charge >= 0.3 is 10.2 Å². The van der Waals surface area contributed by atoms with Crippen molar-refractivity contribution in [2.45, 2.75) is 40.3 Å². The SMILES string of the molecule is CCNC(=O)[C@@H](C)N(Cc1cccc(Cl)c1)C(=O)CN(c1cc(C)ccc1C)S(=O)(=O)N(C)C. The van der Waals surface area contributed by atoms with Gasteiger partial charge in [-0.1, -0.05) is 35.9 Å². The molecule has 1 N–H and O–H groups in total. The van der Waals surface area contributed by atoms with Gasteiger partial charge in [0.2, 0.25) is 11.8 Å². The van der Waals surface area contributed by atoms with Gasteiger partial charge < -0.3 is 10.2 Å². The fourth-order valence-corrected chi connectivity index (χ4v) is 4.75. The molecule has 0 saturated heterocycles. The molecule has 34 heavy (non-hydrogen) atoms. The van der Waals surface area contributed by atoms with Crippen LogP contribution in [-0.4, -0.2) is 62.7 Å². The monoisotopic (exact) mass is 508 g/mol. The number of benzene rings is 2. The second-order valence-electron chi connectivity index (χ2n) is 8.31. The lowest BCUT2D eigenvalue weighted by Gasteiger charge is -2.33. The first kappa shape index (κ1) is 27.6. The van der Waals surface area contributed by atoms with Gasteiger partial charge in [0.05, 0.1) is 5.69 Å². The van der Waals surface area contributed by atoms with Gasteiger partial charge in [0.25, 0.3) is 0 Å². The highest BCUT2D eigenvalue weighted by Crippen LogP contribution is 2.26. The van der Waals surface area contributed by atoms with Crippen LogP contribution in [0.5, 0.6) is 0 Å². The van der Waals surface area contributed by atoms with E-state index in [0.29, 0.717) is 22.8 Å². The van der Waals surface area contributed by atoms with Crippen molar-refractivity contribution in [1.29, 1.82) is 0 Å². The standard InChI is InChI=1S/C24H33ClN4O4S/c1-7-26-24(31)19(4)28(15-20-9-8-10-21(25)14-20)23(30)16-29(34(32,33)27(5)6)22-13-17(2)11-12-18(22)3/h8-14,19H,7,15-16H2,1-6H3,(H,26,31)/t19-/m1/s1. The molecule has 2 rings (SSSR count). The summed E-state index contributed by atoms with van der Waals surface area (Å²) in [4.78, 5) is 27.6.